The van der Waals surface area contributed by atoms with Crippen LogP contribution in [-0.4, -0.2) is 52.7 Å². The third kappa shape index (κ3) is 5.62. The monoisotopic (exact) mass is 562 g/mol. The molecule has 1 aliphatic heterocycles. The maximum absolute atomic E-state index is 14.7. The molecule has 0 saturated carbocycles. The number of anilines is 1. The van der Waals surface area contributed by atoms with Crippen molar-refractivity contribution in [1.29, 1.82) is 0 Å². The van der Waals surface area contributed by atoms with Gasteiger partial charge < -0.3 is 14.5 Å². The number of nitro benzene ring substituents is 1. The number of aromatic nitrogens is 1. The van der Waals surface area contributed by atoms with E-state index in [4.69, 9.17) is 4.74 Å². The van der Waals surface area contributed by atoms with Crippen LogP contribution in [0.3, 0.4) is 0 Å². The maximum atomic E-state index is 14.7. The number of amides is 1. The fourth-order valence-electron chi connectivity index (χ4n) is 3.72. The van der Waals surface area contributed by atoms with Crippen molar-refractivity contribution in [2.45, 2.75) is 26.4 Å². The van der Waals surface area contributed by atoms with Crippen LogP contribution >= 0.6 is 27.3 Å². The summed E-state index contributed by atoms with van der Waals surface area (Å²) in [5.74, 6) is -0.907. The number of rotatable bonds is 4. The smallest absolute Gasteiger partial charge is 0.410 e. The number of piperazine rings is 1. The second-order valence-corrected chi connectivity index (χ2v) is 11.4. The second kappa shape index (κ2) is 9.90. The van der Waals surface area contributed by atoms with Crippen LogP contribution in [0.5, 0.6) is 0 Å². The Morgan fingerprint density at radius 2 is 1.80 bits per heavy atom. The predicted octanol–water partition coefficient (Wildman–Crippen LogP) is 6.34. The van der Waals surface area contributed by atoms with Crippen LogP contribution < -0.4 is 4.90 Å². The van der Waals surface area contributed by atoms with E-state index in [0.717, 1.165) is 17.3 Å². The number of benzene rings is 2. The lowest BCUT2D eigenvalue weighted by atomic mass is 10.1. The number of hydrogen-bond donors (Lipinski definition) is 0. The standard InChI is InChI=1S/C24H24BrFN4O4S/c1-24(2,3)34-23(31)29-13-11-28(12-14-29)16-9-7-15(8-10-16)22-27-20(21(25)35-22)17-5-4-6-18(19(17)26)30(32)33/h4-10H,11-14H2,1-3H3. The normalized spacial score (nSPS) is 14.2. The molecule has 0 N–H and O–H groups in total. The van der Waals surface area contributed by atoms with Crippen molar-refractivity contribution >= 4 is 44.7 Å². The van der Waals surface area contributed by atoms with Gasteiger partial charge in [0.15, 0.2) is 0 Å². The molecule has 0 radical (unpaired) electrons. The Hall–Kier alpha value is -3.05. The fraction of sp³-hybridized carbons (Fsp3) is 0.333. The summed E-state index contributed by atoms with van der Waals surface area (Å²) >= 11 is 4.76. The SMILES string of the molecule is CC(C)(C)OC(=O)N1CCN(c2ccc(-c3nc(-c4cccc([N+](=O)[O-])c4F)c(Br)s3)cc2)CC1. The van der Waals surface area contributed by atoms with E-state index < -0.39 is 22.0 Å². The van der Waals surface area contributed by atoms with Gasteiger partial charge in [0, 0.05) is 49.1 Å². The average Bonchev–Trinajstić information content (AvgIpc) is 3.19. The minimum absolute atomic E-state index is 0.0769. The molecule has 1 fully saturated rings. The van der Waals surface area contributed by atoms with Crippen LogP contribution in [-0.2, 0) is 4.74 Å². The third-order valence-corrected chi connectivity index (χ3v) is 7.18. The molecule has 0 bridgehead atoms. The lowest BCUT2D eigenvalue weighted by Gasteiger charge is -2.36. The van der Waals surface area contributed by atoms with Crippen LogP contribution in [0.25, 0.3) is 21.8 Å². The van der Waals surface area contributed by atoms with Gasteiger partial charge in [-0.15, -0.1) is 11.3 Å². The van der Waals surface area contributed by atoms with Gasteiger partial charge in [-0.2, -0.15) is 4.39 Å². The Morgan fingerprint density at radius 3 is 2.40 bits per heavy atom. The molecule has 1 aliphatic rings. The molecule has 0 unspecified atom stereocenters. The van der Waals surface area contributed by atoms with E-state index in [1.807, 2.05) is 45.0 Å². The summed E-state index contributed by atoms with van der Waals surface area (Å²) in [6.45, 7) is 8.10. The Morgan fingerprint density at radius 1 is 1.14 bits per heavy atom. The largest absolute Gasteiger partial charge is 0.444 e. The number of carbonyl (C=O) groups excluding carboxylic acids is 1. The molecule has 1 amide bonds. The Bertz CT molecular complexity index is 1250. The Balaban J connectivity index is 1.47. The average molecular weight is 563 g/mol. The number of nitrogens with zero attached hydrogens (tertiary/aromatic N) is 4. The van der Waals surface area contributed by atoms with Gasteiger partial charge in [0.2, 0.25) is 5.82 Å². The minimum atomic E-state index is -0.907. The lowest BCUT2D eigenvalue weighted by Crippen LogP contribution is -2.50. The highest BCUT2D eigenvalue weighted by Crippen LogP contribution is 2.40. The van der Waals surface area contributed by atoms with Crippen molar-refractivity contribution in [2.24, 2.45) is 0 Å². The highest BCUT2D eigenvalue weighted by atomic mass is 79.9. The molecule has 2 heterocycles. The molecule has 4 rings (SSSR count). The number of thiazole rings is 1. The zero-order chi connectivity index (χ0) is 25.3. The van der Waals surface area contributed by atoms with Gasteiger partial charge in [0.25, 0.3) is 0 Å². The first-order valence-corrected chi connectivity index (χ1v) is 12.6. The van der Waals surface area contributed by atoms with E-state index in [1.165, 1.54) is 23.5 Å². The second-order valence-electron chi connectivity index (χ2n) is 9.04. The number of nitro groups is 1. The van der Waals surface area contributed by atoms with Crippen molar-refractivity contribution < 1.29 is 18.8 Å². The van der Waals surface area contributed by atoms with E-state index in [2.05, 4.69) is 25.8 Å². The van der Waals surface area contributed by atoms with Crippen LogP contribution in [0.4, 0.5) is 20.6 Å². The van der Waals surface area contributed by atoms with Gasteiger partial charge in [0.1, 0.15) is 10.6 Å². The zero-order valence-electron chi connectivity index (χ0n) is 19.5. The fourth-order valence-corrected chi connectivity index (χ4v) is 5.30. The number of ether oxygens (including phenoxy) is 1. The number of hydrogen-bond acceptors (Lipinski definition) is 7. The number of halogens is 2. The molecule has 35 heavy (non-hydrogen) atoms. The quantitative estimate of drug-likeness (QED) is 0.272. The summed E-state index contributed by atoms with van der Waals surface area (Å²) in [5, 5.41) is 11.8. The molecule has 2 aromatic carbocycles. The third-order valence-electron chi connectivity index (χ3n) is 5.43. The molecule has 0 atom stereocenters. The van der Waals surface area contributed by atoms with E-state index in [1.54, 1.807) is 4.90 Å². The first-order valence-electron chi connectivity index (χ1n) is 11.0. The maximum Gasteiger partial charge on any atom is 0.410 e. The van der Waals surface area contributed by atoms with Crippen molar-refractivity contribution in [2.75, 3.05) is 31.1 Å². The van der Waals surface area contributed by atoms with Crippen LogP contribution in [0.15, 0.2) is 46.3 Å². The van der Waals surface area contributed by atoms with Crippen LogP contribution in [0, 0.1) is 15.9 Å². The number of carbonyl (C=O) groups is 1. The lowest BCUT2D eigenvalue weighted by molar-refractivity contribution is -0.387. The first kappa shape index (κ1) is 25.1. The van der Waals surface area contributed by atoms with E-state index >= 15 is 0 Å². The van der Waals surface area contributed by atoms with Gasteiger partial charge >= 0.3 is 11.8 Å². The summed E-state index contributed by atoms with van der Waals surface area (Å²) in [7, 11) is 0. The molecule has 8 nitrogen and oxygen atoms in total. The van der Waals surface area contributed by atoms with Crippen molar-refractivity contribution in [3.8, 4) is 21.8 Å². The molecule has 1 aromatic heterocycles. The summed E-state index contributed by atoms with van der Waals surface area (Å²) in [4.78, 5) is 31.1. The molecule has 3 aromatic rings. The Kier molecular flexibility index (Phi) is 7.09. The molecule has 184 valence electrons. The minimum Gasteiger partial charge on any atom is -0.444 e. The van der Waals surface area contributed by atoms with E-state index in [0.29, 0.717) is 40.7 Å². The van der Waals surface area contributed by atoms with Crippen molar-refractivity contribution in [3.05, 3.63) is 62.2 Å². The summed E-state index contributed by atoms with van der Waals surface area (Å²) in [6.07, 6.45) is -0.294. The molecular weight excluding hydrogens is 539 g/mol. The van der Waals surface area contributed by atoms with Gasteiger partial charge in [0.05, 0.1) is 14.4 Å². The van der Waals surface area contributed by atoms with Gasteiger partial charge in [-0.3, -0.25) is 10.1 Å². The summed E-state index contributed by atoms with van der Waals surface area (Å²) in [5.41, 5.74) is 1.18. The topological polar surface area (TPSA) is 88.8 Å². The summed E-state index contributed by atoms with van der Waals surface area (Å²) in [6, 6.07) is 11.9. The highest BCUT2D eigenvalue weighted by molar-refractivity contribution is 9.11. The van der Waals surface area contributed by atoms with Gasteiger partial charge in [-0.1, -0.05) is 6.07 Å². The van der Waals surface area contributed by atoms with Gasteiger partial charge in [-0.25, -0.2) is 9.78 Å². The molecule has 0 spiro atoms. The summed E-state index contributed by atoms with van der Waals surface area (Å²) < 4.78 is 20.7. The zero-order valence-corrected chi connectivity index (χ0v) is 21.9. The van der Waals surface area contributed by atoms with Crippen molar-refractivity contribution in [1.82, 2.24) is 9.88 Å². The Labute approximate surface area is 214 Å². The first-order chi connectivity index (χ1) is 16.5. The molecule has 0 aliphatic carbocycles. The van der Waals surface area contributed by atoms with Gasteiger partial charge in [-0.05, 0) is 67.0 Å². The van der Waals surface area contributed by atoms with Crippen LogP contribution in [0.1, 0.15) is 20.8 Å². The molecule has 11 heteroatoms. The van der Waals surface area contributed by atoms with Crippen LogP contribution in [0.2, 0.25) is 0 Å². The predicted molar refractivity (Wildman–Crippen MR) is 137 cm³/mol. The van der Waals surface area contributed by atoms with Crippen molar-refractivity contribution in [3.63, 3.8) is 0 Å². The van der Waals surface area contributed by atoms with E-state index in [9.17, 15) is 19.3 Å². The highest BCUT2D eigenvalue weighted by Gasteiger charge is 2.26. The van der Waals surface area contributed by atoms with E-state index in [-0.39, 0.29) is 11.7 Å². The molecule has 1 saturated heterocycles. The molecular formula is C24H24BrFN4O4S.